The van der Waals surface area contributed by atoms with Gasteiger partial charge in [-0.25, -0.2) is 0 Å². The second-order valence-electron chi connectivity index (χ2n) is 5.76. The molecule has 0 saturated heterocycles. The van der Waals surface area contributed by atoms with Crippen molar-refractivity contribution in [3.05, 3.63) is 29.3 Å². The third-order valence-electron chi connectivity index (χ3n) is 3.37. The fraction of sp³-hybridized carbons (Fsp3) is 0.632. The van der Waals surface area contributed by atoms with Crippen molar-refractivity contribution in [3.8, 4) is 5.75 Å². The van der Waals surface area contributed by atoms with Gasteiger partial charge in [0.2, 0.25) is 0 Å². The van der Waals surface area contributed by atoms with Crippen molar-refractivity contribution < 1.29 is 9.47 Å². The minimum Gasteiger partial charge on any atom is -0.492 e. The van der Waals surface area contributed by atoms with Crippen LogP contribution in [0.4, 0.5) is 0 Å². The molecule has 136 valence electrons. The Bertz CT molecular complexity index is 469. The van der Waals surface area contributed by atoms with E-state index in [2.05, 4.69) is 54.6 Å². The van der Waals surface area contributed by atoms with Crippen molar-refractivity contribution in [1.29, 1.82) is 0 Å². The maximum Gasteiger partial charge on any atom is 0.191 e. The summed E-state index contributed by atoms with van der Waals surface area (Å²) in [7, 11) is 0. The number of aryl methyl sites for hydroxylation is 2. The fourth-order valence-corrected chi connectivity index (χ4v) is 2.35. The van der Waals surface area contributed by atoms with Gasteiger partial charge in [-0.1, -0.05) is 6.07 Å². The van der Waals surface area contributed by atoms with Gasteiger partial charge < -0.3 is 20.1 Å². The van der Waals surface area contributed by atoms with Gasteiger partial charge in [0.25, 0.3) is 0 Å². The molecule has 0 aliphatic rings. The lowest BCUT2D eigenvalue weighted by Gasteiger charge is -2.12. The smallest absolute Gasteiger partial charge is 0.191 e. The zero-order chi connectivity index (χ0) is 17.6. The molecule has 24 heavy (non-hydrogen) atoms. The summed E-state index contributed by atoms with van der Waals surface area (Å²) in [5.74, 6) is 1.77. The number of hydrogen-bond acceptors (Lipinski definition) is 3. The van der Waals surface area contributed by atoms with Crippen molar-refractivity contribution in [2.24, 2.45) is 4.99 Å². The first-order valence-electron chi connectivity index (χ1n) is 8.96. The van der Waals surface area contributed by atoms with E-state index in [4.69, 9.17) is 9.47 Å². The van der Waals surface area contributed by atoms with E-state index in [1.807, 2.05) is 6.92 Å². The lowest BCUT2D eigenvalue weighted by Crippen LogP contribution is -2.39. The molecule has 2 N–H and O–H groups in total. The molecule has 5 heteroatoms. The zero-order valence-corrected chi connectivity index (χ0v) is 15.7. The average molecular weight is 335 g/mol. The average Bonchev–Trinajstić information content (AvgIpc) is 2.53. The monoisotopic (exact) mass is 335 g/mol. The quantitative estimate of drug-likeness (QED) is 0.371. The summed E-state index contributed by atoms with van der Waals surface area (Å²) < 4.78 is 11.1. The van der Waals surface area contributed by atoms with Crippen molar-refractivity contribution in [3.63, 3.8) is 0 Å². The van der Waals surface area contributed by atoms with Crippen molar-refractivity contribution in [2.45, 2.75) is 40.5 Å². The summed E-state index contributed by atoms with van der Waals surface area (Å²) >= 11 is 0. The van der Waals surface area contributed by atoms with E-state index < -0.39 is 0 Å². The number of hydrogen-bond donors (Lipinski definition) is 2. The number of nitrogens with zero attached hydrogens (tertiary/aromatic N) is 1. The van der Waals surface area contributed by atoms with Gasteiger partial charge in [-0.2, -0.15) is 0 Å². The van der Waals surface area contributed by atoms with E-state index >= 15 is 0 Å². The van der Waals surface area contributed by atoms with Gasteiger partial charge in [-0.05, 0) is 63.8 Å². The molecule has 0 radical (unpaired) electrons. The molecule has 0 aliphatic heterocycles. The van der Waals surface area contributed by atoms with Crippen LogP contribution in [-0.2, 0) is 4.74 Å². The van der Waals surface area contributed by atoms with Crippen LogP contribution in [0.1, 0.15) is 37.8 Å². The Balaban J connectivity index is 2.27. The molecule has 1 aromatic carbocycles. The van der Waals surface area contributed by atoms with E-state index in [1.54, 1.807) is 0 Å². The van der Waals surface area contributed by atoms with Crippen LogP contribution < -0.4 is 15.4 Å². The first-order chi connectivity index (χ1) is 11.7. The van der Waals surface area contributed by atoms with Gasteiger partial charge in [0.1, 0.15) is 12.4 Å². The van der Waals surface area contributed by atoms with Crippen LogP contribution in [0, 0.1) is 13.8 Å². The molecular formula is C19H33N3O2. The Morgan fingerprint density at radius 3 is 2.42 bits per heavy atom. The third-order valence-corrected chi connectivity index (χ3v) is 3.37. The first kappa shape index (κ1) is 20.3. The lowest BCUT2D eigenvalue weighted by molar-refractivity contribution is 0.144. The second-order valence-corrected chi connectivity index (χ2v) is 5.76. The molecule has 1 rings (SSSR count). The molecule has 0 fully saturated rings. The molecule has 5 nitrogen and oxygen atoms in total. The van der Waals surface area contributed by atoms with E-state index in [9.17, 15) is 0 Å². The molecule has 0 atom stereocenters. The number of nitrogens with one attached hydrogen (secondary N) is 2. The maximum absolute atomic E-state index is 5.80. The van der Waals surface area contributed by atoms with E-state index in [0.29, 0.717) is 6.61 Å². The van der Waals surface area contributed by atoms with Gasteiger partial charge in [-0.3, -0.25) is 4.99 Å². The summed E-state index contributed by atoms with van der Waals surface area (Å²) in [4.78, 5) is 4.57. The molecule has 0 aliphatic carbocycles. The number of unbranched alkanes of at least 4 members (excludes halogenated alkanes) is 1. The number of ether oxygens (including phenoxy) is 2. The minimum absolute atomic E-state index is 0.609. The Morgan fingerprint density at radius 1 is 1.00 bits per heavy atom. The maximum atomic E-state index is 5.80. The number of rotatable bonds is 11. The predicted octanol–water partition coefficient (Wildman–Crippen LogP) is 3.05. The highest BCUT2D eigenvalue weighted by Gasteiger charge is 1.99. The van der Waals surface area contributed by atoms with Gasteiger partial charge >= 0.3 is 0 Å². The molecule has 0 bridgehead atoms. The Kier molecular flexibility index (Phi) is 10.7. The topological polar surface area (TPSA) is 54.9 Å². The van der Waals surface area contributed by atoms with E-state index in [0.717, 1.165) is 57.4 Å². The number of benzene rings is 1. The molecule has 1 aromatic rings. The molecular weight excluding hydrogens is 302 g/mol. The Morgan fingerprint density at radius 2 is 1.75 bits per heavy atom. The Labute approximate surface area is 146 Å². The second kappa shape index (κ2) is 12.6. The molecule has 0 amide bonds. The summed E-state index contributed by atoms with van der Waals surface area (Å²) in [6.07, 6.45) is 2.09. The molecule has 0 aromatic heterocycles. The molecule has 0 heterocycles. The predicted molar refractivity (Wildman–Crippen MR) is 101 cm³/mol. The lowest BCUT2D eigenvalue weighted by atomic mass is 10.1. The summed E-state index contributed by atoms with van der Waals surface area (Å²) in [5.41, 5.74) is 2.44. The molecule has 0 unspecified atom stereocenters. The van der Waals surface area contributed by atoms with Crippen molar-refractivity contribution in [2.75, 3.05) is 39.5 Å². The highest BCUT2D eigenvalue weighted by atomic mass is 16.5. The van der Waals surface area contributed by atoms with Crippen LogP contribution in [0.2, 0.25) is 0 Å². The van der Waals surface area contributed by atoms with E-state index in [1.165, 1.54) is 11.1 Å². The largest absolute Gasteiger partial charge is 0.492 e. The SMILES string of the molecule is CCNC(=NCCCCOCC)NCCOc1cc(C)cc(C)c1. The number of aliphatic imine (C=N–C) groups is 1. The number of guanidine groups is 1. The normalized spacial score (nSPS) is 11.4. The van der Waals surface area contributed by atoms with Crippen LogP contribution in [0.15, 0.2) is 23.2 Å². The molecule has 0 spiro atoms. The first-order valence-corrected chi connectivity index (χ1v) is 8.96. The van der Waals surface area contributed by atoms with Crippen LogP contribution in [0.3, 0.4) is 0 Å². The van der Waals surface area contributed by atoms with Gasteiger partial charge in [0, 0.05) is 26.3 Å². The highest BCUT2D eigenvalue weighted by molar-refractivity contribution is 5.79. The third kappa shape index (κ3) is 9.40. The standard InChI is InChI=1S/C19H33N3O2/c1-5-20-19(21-9-7-8-11-23-6-2)22-10-12-24-18-14-16(3)13-17(4)15-18/h13-15H,5-12H2,1-4H3,(H2,20,21,22). The van der Waals surface area contributed by atoms with Crippen molar-refractivity contribution >= 4 is 5.96 Å². The minimum atomic E-state index is 0.609. The van der Waals surface area contributed by atoms with Crippen LogP contribution >= 0.6 is 0 Å². The highest BCUT2D eigenvalue weighted by Crippen LogP contribution is 2.15. The summed E-state index contributed by atoms with van der Waals surface area (Å²) in [6, 6.07) is 6.27. The van der Waals surface area contributed by atoms with E-state index in [-0.39, 0.29) is 0 Å². The van der Waals surface area contributed by atoms with Gasteiger partial charge in [0.15, 0.2) is 5.96 Å². The van der Waals surface area contributed by atoms with Crippen molar-refractivity contribution in [1.82, 2.24) is 10.6 Å². The zero-order valence-electron chi connectivity index (χ0n) is 15.7. The van der Waals surface area contributed by atoms with Crippen LogP contribution in [-0.4, -0.2) is 45.4 Å². The van der Waals surface area contributed by atoms with Crippen LogP contribution in [0.5, 0.6) is 5.75 Å². The van der Waals surface area contributed by atoms with Crippen LogP contribution in [0.25, 0.3) is 0 Å². The van der Waals surface area contributed by atoms with Gasteiger partial charge in [0.05, 0.1) is 6.54 Å². The summed E-state index contributed by atoms with van der Waals surface area (Å²) in [6.45, 7) is 12.8. The van der Waals surface area contributed by atoms with Gasteiger partial charge in [-0.15, -0.1) is 0 Å². The summed E-state index contributed by atoms with van der Waals surface area (Å²) in [5, 5.41) is 6.56. The molecule has 0 saturated carbocycles. The fourth-order valence-electron chi connectivity index (χ4n) is 2.35. The Hall–Kier alpha value is -1.75.